The van der Waals surface area contributed by atoms with Gasteiger partial charge in [-0.25, -0.2) is 0 Å². The summed E-state index contributed by atoms with van der Waals surface area (Å²) in [6, 6.07) is 16.6. The van der Waals surface area contributed by atoms with Gasteiger partial charge in [0.25, 0.3) is 0 Å². The maximum Gasteiger partial charge on any atom is 0.306 e. The van der Waals surface area contributed by atoms with Gasteiger partial charge in [0.05, 0.1) is 6.61 Å². The lowest BCUT2D eigenvalue weighted by atomic mass is 10.0. The molecule has 2 aromatic carbocycles. The third-order valence-corrected chi connectivity index (χ3v) is 6.38. The Balaban J connectivity index is 1.68. The van der Waals surface area contributed by atoms with Crippen molar-refractivity contribution in [3.8, 4) is 16.9 Å². The molecule has 1 atom stereocenters. The molecule has 34 heavy (non-hydrogen) atoms. The summed E-state index contributed by atoms with van der Waals surface area (Å²) in [4.78, 5) is 12.2. The molecule has 0 aliphatic rings. The van der Waals surface area contributed by atoms with Crippen molar-refractivity contribution >= 4 is 5.97 Å². The van der Waals surface area contributed by atoms with E-state index in [-0.39, 0.29) is 12.1 Å². The second-order valence-electron chi connectivity index (χ2n) is 9.41. The highest BCUT2D eigenvalue weighted by molar-refractivity contribution is 5.69. The molecule has 0 spiro atoms. The number of esters is 1. The first kappa shape index (κ1) is 28.0. The minimum atomic E-state index is -0.223. The molecule has 0 N–H and O–H groups in total. The van der Waals surface area contributed by atoms with Crippen molar-refractivity contribution in [1.82, 2.24) is 0 Å². The smallest absolute Gasteiger partial charge is 0.306 e. The van der Waals surface area contributed by atoms with Gasteiger partial charge in [0.15, 0.2) is 0 Å². The van der Waals surface area contributed by atoms with Gasteiger partial charge in [-0.3, -0.25) is 4.79 Å². The summed E-state index contributed by atoms with van der Waals surface area (Å²) >= 11 is 0. The van der Waals surface area contributed by atoms with Crippen LogP contribution in [0.5, 0.6) is 5.75 Å². The predicted molar refractivity (Wildman–Crippen MR) is 143 cm³/mol. The fourth-order valence-electron chi connectivity index (χ4n) is 4.14. The molecule has 0 heterocycles. The average molecular weight is 467 g/mol. The van der Waals surface area contributed by atoms with E-state index in [0.29, 0.717) is 6.42 Å². The van der Waals surface area contributed by atoms with E-state index in [1.165, 1.54) is 57.8 Å². The Kier molecular flexibility index (Phi) is 14.1. The average Bonchev–Trinajstić information content (AvgIpc) is 2.86. The fourth-order valence-corrected chi connectivity index (χ4v) is 4.14. The van der Waals surface area contributed by atoms with Crippen LogP contribution in [-0.2, 0) is 9.53 Å². The largest absolute Gasteiger partial charge is 0.494 e. The molecule has 3 heteroatoms. The molecule has 188 valence electrons. The number of hydrogen-bond acceptors (Lipinski definition) is 3. The summed E-state index contributed by atoms with van der Waals surface area (Å²) in [5.74, 6) is 0.832. The van der Waals surface area contributed by atoms with Crippen molar-refractivity contribution in [3.05, 3.63) is 54.1 Å². The number of benzene rings is 2. The summed E-state index contributed by atoms with van der Waals surface area (Å²) in [6.45, 7) is 7.18. The molecule has 0 saturated heterocycles. The van der Waals surface area contributed by atoms with E-state index in [9.17, 15) is 4.79 Å². The van der Waals surface area contributed by atoms with E-state index in [1.807, 2.05) is 19.1 Å². The van der Waals surface area contributed by atoms with Crippen LogP contribution in [0.4, 0.5) is 0 Å². The van der Waals surface area contributed by atoms with E-state index in [2.05, 4.69) is 50.2 Å². The topological polar surface area (TPSA) is 35.5 Å². The lowest BCUT2D eigenvalue weighted by Crippen LogP contribution is -2.08. The molecular weight excluding hydrogens is 420 g/mol. The van der Waals surface area contributed by atoms with E-state index < -0.39 is 0 Å². The molecule has 0 aliphatic heterocycles. The van der Waals surface area contributed by atoms with E-state index in [4.69, 9.17) is 9.47 Å². The Morgan fingerprint density at radius 3 is 1.76 bits per heavy atom. The monoisotopic (exact) mass is 466 g/mol. The fraction of sp³-hybridized carbons (Fsp3) is 0.581. The van der Waals surface area contributed by atoms with Crippen LogP contribution >= 0.6 is 0 Å². The first-order valence-electron chi connectivity index (χ1n) is 13.7. The Labute approximate surface area is 208 Å². The van der Waals surface area contributed by atoms with Gasteiger partial charge in [-0.15, -0.1) is 0 Å². The quantitative estimate of drug-likeness (QED) is 0.162. The van der Waals surface area contributed by atoms with Crippen molar-refractivity contribution in [1.29, 1.82) is 0 Å². The second-order valence-corrected chi connectivity index (χ2v) is 9.41. The first-order valence-corrected chi connectivity index (χ1v) is 13.7. The van der Waals surface area contributed by atoms with Crippen molar-refractivity contribution in [2.24, 2.45) is 0 Å². The molecule has 0 fully saturated rings. The second kappa shape index (κ2) is 17.2. The van der Waals surface area contributed by atoms with Crippen molar-refractivity contribution in [2.75, 3.05) is 6.61 Å². The van der Waals surface area contributed by atoms with Crippen LogP contribution in [0.3, 0.4) is 0 Å². The summed E-state index contributed by atoms with van der Waals surface area (Å²) in [7, 11) is 0. The Bertz CT molecular complexity index is 779. The Morgan fingerprint density at radius 1 is 0.676 bits per heavy atom. The maximum atomic E-state index is 12.2. The third-order valence-electron chi connectivity index (χ3n) is 6.38. The molecule has 0 aliphatic carbocycles. The van der Waals surface area contributed by atoms with E-state index in [0.717, 1.165) is 48.3 Å². The van der Waals surface area contributed by atoms with Gasteiger partial charge >= 0.3 is 5.97 Å². The summed E-state index contributed by atoms with van der Waals surface area (Å²) in [5, 5.41) is 0. The predicted octanol–water partition coefficient (Wildman–Crippen LogP) is 9.45. The number of carbonyl (C=O) groups excluding carboxylic acids is 1. The molecule has 0 amide bonds. The van der Waals surface area contributed by atoms with Gasteiger partial charge in [0.2, 0.25) is 0 Å². The zero-order chi connectivity index (χ0) is 24.4. The standard InChI is InChI=1S/C31H46O3/c1-4-6-8-9-10-11-12-13-14-16-31(32)34-26(3)27-17-19-28(20-18-27)29-21-23-30(24-22-29)33-25-15-7-5-2/h17-24,26H,4-16,25H2,1-3H3. The number of carbonyl (C=O) groups is 1. The number of unbranched alkanes of at least 4 members (excludes halogenated alkanes) is 10. The summed E-state index contributed by atoms with van der Waals surface area (Å²) < 4.78 is 11.5. The molecule has 2 rings (SSSR count). The van der Waals surface area contributed by atoms with Gasteiger partial charge in [-0.05, 0) is 48.6 Å². The minimum Gasteiger partial charge on any atom is -0.494 e. The molecular formula is C31H46O3. The van der Waals surface area contributed by atoms with Crippen LogP contribution in [0.2, 0.25) is 0 Å². The van der Waals surface area contributed by atoms with Crippen LogP contribution < -0.4 is 4.74 Å². The molecule has 1 unspecified atom stereocenters. The van der Waals surface area contributed by atoms with Gasteiger partial charge in [0, 0.05) is 6.42 Å². The molecule has 0 bridgehead atoms. The lowest BCUT2D eigenvalue weighted by molar-refractivity contribution is -0.148. The Morgan fingerprint density at radius 2 is 1.18 bits per heavy atom. The highest BCUT2D eigenvalue weighted by Crippen LogP contribution is 2.26. The lowest BCUT2D eigenvalue weighted by Gasteiger charge is -2.14. The Hall–Kier alpha value is -2.29. The zero-order valence-corrected chi connectivity index (χ0v) is 21.8. The molecule has 2 aromatic rings. The number of hydrogen-bond donors (Lipinski definition) is 0. The molecule has 3 nitrogen and oxygen atoms in total. The zero-order valence-electron chi connectivity index (χ0n) is 21.8. The van der Waals surface area contributed by atoms with E-state index in [1.54, 1.807) is 0 Å². The highest BCUT2D eigenvalue weighted by Gasteiger charge is 2.12. The normalized spacial score (nSPS) is 11.9. The summed E-state index contributed by atoms with van der Waals surface area (Å²) in [5.41, 5.74) is 3.33. The first-order chi connectivity index (χ1) is 16.6. The van der Waals surface area contributed by atoms with Crippen LogP contribution in [-0.4, -0.2) is 12.6 Å². The minimum absolute atomic E-state index is 0.0888. The maximum absolute atomic E-state index is 12.2. The van der Waals surface area contributed by atoms with Crippen molar-refractivity contribution in [2.45, 2.75) is 110 Å². The SMILES string of the molecule is CCCCCCCCCCCC(=O)OC(C)c1ccc(-c2ccc(OCCCCC)cc2)cc1. The number of rotatable bonds is 18. The van der Waals surface area contributed by atoms with Crippen molar-refractivity contribution in [3.63, 3.8) is 0 Å². The highest BCUT2D eigenvalue weighted by atomic mass is 16.5. The van der Waals surface area contributed by atoms with Crippen LogP contribution in [0.15, 0.2) is 48.5 Å². The summed E-state index contributed by atoms with van der Waals surface area (Å²) in [6.07, 6.45) is 15.1. The van der Waals surface area contributed by atoms with Crippen molar-refractivity contribution < 1.29 is 14.3 Å². The molecule has 0 saturated carbocycles. The van der Waals surface area contributed by atoms with Crippen LogP contribution in [0.25, 0.3) is 11.1 Å². The van der Waals surface area contributed by atoms with Gasteiger partial charge in [-0.2, -0.15) is 0 Å². The van der Waals surface area contributed by atoms with E-state index >= 15 is 0 Å². The van der Waals surface area contributed by atoms with Gasteiger partial charge < -0.3 is 9.47 Å². The third kappa shape index (κ3) is 11.2. The van der Waals surface area contributed by atoms with Gasteiger partial charge in [0.1, 0.15) is 11.9 Å². The molecule has 0 radical (unpaired) electrons. The van der Waals surface area contributed by atoms with Crippen LogP contribution in [0.1, 0.15) is 116 Å². The molecule has 0 aromatic heterocycles. The van der Waals surface area contributed by atoms with Crippen LogP contribution in [0, 0.1) is 0 Å². The number of ether oxygens (including phenoxy) is 2. The van der Waals surface area contributed by atoms with Gasteiger partial charge in [-0.1, -0.05) is 114 Å².